The van der Waals surface area contributed by atoms with Crippen LogP contribution in [-0.4, -0.2) is 52.1 Å². The molecule has 14 heteroatoms. The van der Waals surface area contributed by atoms with Gasteiger partial charge in [0, 0.05) is 5.56 Å². The molecule has 2 unspecified atom stereocenters. The van der Waals surface area contributed by atoms with E-state index in [1.165, 1.54) is 7.11 Å². The van der Waals surface area contributed by atoms with E-state index >= 15 is 0 Å². The van der Waals surface area contributed by atoms with Gasteiger partial charge in [-0.2, -0.15) is 0 Å². The summed E-state index contributed by atoms with van der Waals surface area (Å²) in [6.45, 7) is 6.07. The number of hydrogen-bond acceptors (Lipinski definition) is 8. The Kier molecular flexibility index (Phi) is 11.0. The predicted octanol–water partition coefficient (Wildman–Crippen LogP) is 6.71. The first kappa shape index (κ1) is 36.0. The first-order valence-corrected chi connectivity index (χ1v) is 20.7. The van der Waals surface area contributed by atoms with Gasteiger partial charge in [0.25, 0.3) is 0 Å². The minimum atomic E-state index is -3.50. The van der Waals surface area contributed by atoms with E-state index in [2.05, 4.69) is 20.3 Å². The maximum absolute atomic E-state index is 13.4. The van der Waals surface area contributed by atoms with Crippen LogP contribution in [0.3, 0.4) is 0 Å². The van der Waals surface area contributed by atoms with Crippen molar-refractivity contribution in [2.45, 2.75) is 32.3 Å². The molecule has 4 aromatic carbocycles. The Morgan fingerprint density at radius 2 is 1.65 bits per heavy atom. The summed E-state index contributed by atoms with van der Waals surface area (Å²) in [5.41, 5.74) is 2.86. The molecule has 2 atom stereocenters. The van der Waals surface area contributed by atoms with Crippen molar-refractivity contribution in [1.82, 2.24) is 4.98 Å². The third kappa shape index (κ3) is 9.86. The van der Waals surface area contributed by atoms with Crippen LogP contribution >= 0.6 is 8.03 Å². The van der Waals surface area contributed by atoms with E-state index in [4.69, 9.17) is 9.47 Å². The van der Waals surface area contributed by atoms with Gasteiger partial charge in [-0.05, 0) is 0 Å². The molecule has 0 aliphatic rings. The number of carbonyl (C=O) groups excluding carboxylic acids is 1. The summed E-state index contributed by atoms with van der Waals surface area (Å²) in [5.74, 6) is 2.19. The summed E-state index contributed by atoms with van der Waals surface area (Å²) in [7, 11) is -4.68. The molecule has 0 aliphatic carbocycles. The molecule has 0 fully saturated rings. The molecule has 4 N–H and O–H groups in total. The zero-order valence-electron chi connectivity index (χ0n) is 27.6. The van der Waals surface area contributed by atoms with Crippen LogP contribution in [0.1, 0.15) is 31.9 Å². The van der Waals surface area contributed by atoms with E-state index in [0.717, 1.165) is 26.9 Å². The van der Waals surface area contributed by atoms with Crippen molar-refractivity contribution in [2.75, 3.05) is 28.7 Å². The van der Waals surface area contributed by atoms with Crippen LogP contribution in [0.4, 0.5) is 27.7 Å². The monoisotopic (exact) mass is 764 g/mol. The van der Waals surface area contributed by atoms with Gasteiger partial charge in [0.05, 0.1) is 13.3 Å². The zero-order valence-corrected chi connectivity index (χ0v) is 31.5. The molecule has 5 rings (SSSR count). The standard InChI is InChI=1S/C35H38AsN4O7PS/c1-35(2,3)23-16-25(18-26(17-23)40-49(5,44)45)39-34(41)36-30-12-13-31(29-9-7-6-8-28(29)30)47-27-14-15-37-33(20-27)38-24-11-10-22(21-48(42)43)32(19-24)46-4/h6-20,36,40,48H,21H2,1-5H3,(H,37,38)(H,39,41)(H,42,43). The number of ether oxygens (including phenoxy) is 2. The molecule has 11 nitrogen and oxygen atoms in total. The maximum atomic E-state index is 13.4. The fourth-order valence-electron chi connectivity index (χ4n) is 5.11. The summed E-state index contributed by atoms with van der Waals surface area (Å²) in [6, 6.07) is 25.6. The Morgan fingerprint density at radius 3 is 2.35 bits per heavy atom. The summed E-state index contributed by atoms with van der Waals surface area (Å²) >= 11 is -1.33. The number of rotatable bonds is 12. The van der Waals surface area contributed by atoms with Gasteiger partial charge in [0.15, 0.2) is 8.03 Å². The molecule has 1 amide bonds. The normalized spacial score (nSPS) is 12.5. The van der Waals surface area contributed by atoms with Crippen molar-refractivity contribution in [3.63, 3.8) is 0 Å². The molecule has 0 aliphatic heterocycles. The number of nitrogens with one attached hydrogen (secondary N) is 3. The number of aromatic nitrogens is 1. The molecular weight excluding hydrogens is 726 g/mol. The Morgan fingerprint density at radius 1 is 0.918 bits per heavy atom. The van der Waals surface area contributed by atoms with Crippen molar-refractivity contribution in [2.24, 2.45) is 0 Å². The van der Waals surface area contributed by atoms with Crippen molar-refractivity contribution in [3.8, 4) is 17.2 Å². The topological polar surface area (TPSA) is 156 Å². The Bertz CT molecular complexity index is 2160. The average Bonchev–Trinajstić information content (AvgIpc) is 3.01. The molecule has 1 heterocycles. The number of nitrogens with zero attached hydrogens (tertiary/aromatic N) is 1. The summed E-state index contributed by atoms with van der Waals surface area (Å²) in [4.78, 5) is 27.1. The fraction of sp³-hybridized carbons (Fsp3) is 0.200. The van der Waals surface area contributed by atoms with Gasteiger partial charge in [0.2, 0.25) is 0 Å². The molecule has 1 aromatic heterocycles. The molecule has 49 heavy (non-hydrogen) atoms. The van der Waals surface area contributed by atoms with Crippen LogP contribution in [-0.2, 0) is 26.2 Å². The summed E-state index contributed by atoms with van der Waals surface area (Å²) in [6.07, 6.45) is 2.75. The van der Waals surface area contributed by atoms with Crippen LogP contribution in [0.25, 0.3) is 10.8 Å². The van der Waals surface area contributed by atoms with Crippen molar-refractivity contribution < 1.29 is 32.1 Å². The van der Waals surface area contributed by atoms with E-state index < -0.39 is 33.8 Å². The minimum absolute atomic E-state index is 0.0342. The molecule has 0 saturated carbocycles. The second-order valence-corrected chi connectivity index (χ2v) is 17.9. The zero-order chi connectivity index (χ0) is 35.3. The number of amides is 1. The van der Waals surface area contributed by atoms with Crippen LogP contribution in [0.15, 0.2) is 91.1 Å². The first-order valence-electron chi connectivity index (χ1n) is 15.2. The van der Waals surface area contributed by atoms with E-state index in [9.17, 15) is 22.7 Å². The van der Waals surface area contributed by atoms with E-state index in [-0.39, 0.29) is 16.3 Å². The third-order valence-electron chi connectivity index (χ3n) is 7.35. The van der Waals surface area contributed by atoms with Crippen LogP contribution in [0.5, 0.6) is 17.2 Å². The SMILES string of the molecule is COc1cc(Nc2cc(Oc3ccc([AsH]C(=O)Nc4cc(NS(C)(=O)=O)cc(C(C)(C)C)c4)c4ccccc34)ccn2)ccc1C[PH](=O)O. The van der Waals surface area contributed by atoms with Gasteiger partial charge < -0.3 is 9.63 Å². The number of pyridine rings is 1. The number of fused-ring (bicyclic) bond motifs is 1. The molecule has 256 valence electrons. The minimum Gasteiger partial charge on any atom is -0.346 e. The van der Waals surface area contributed by atoms with Gasteiger partial charge in [-0.25, -0.2) is 0 Å². The second-order valence-electron chi connectivity index (χ2n) is 12.4. The molecule has 5 aromatic rings. The van der Waals surface area contributed by atoms with Crippen LogP contribution < -0.4 is 29.2 Å². The van der Waals surface area contributed by atoms with Gasteiger partial charge in [0.1, 0.15) is 0 Å². The van der Waals surface area contributed by atoms with E-state index in [0.29, 0.717) is 45.7 Å². The van der Waals surface area contributed by atoms with Gasteiger partial charge >= 0.3 is 253 Å². The van der Waals surface area contributed by atoms with Gasteiger partial charge in [-0.1, -0.05) is 0 Å². The number of carbonyl (C=O) groups is 1. The third-order valence-corrected chi connectivity index (χ3v) is 10.9. The van der Waals surface area contributed by atoms with Crippen LogP contribution in [0, 0.1) is 0 Å². The average molecular weight is 765 g/mol. The van der Waals surface area contributed by atoms with Crippen molar-refractivity contribution in [3.05, 3.63) is 102 Å². The van der Waals surface area contributed by atoms with Crippen molar-refractivity contribution in [1.29, 1.82) is 0 Å². The van der Waals surface area contributed by atoms with E-state index in [1.807, 2.05) is 63.2 Å². The Balaban J connectivity index is 1.34. The first-order chi connectivity index (χ1) is 23.2. The van der Waals surface area contributed by atoms with Crippen LogP contribution in [0.2, 0.25) is 0 Å². The van der Waals surface area contributed by atoms with Crippen molar-refractivity contribution >= 4 is 76.5 Å². The number of hydrogen-bond donors (Lipinski definition) is 4. The molecule has 0 spiro atoms. The van der Waals surface area contributed by atoms with E-state index in [1.54, 1.807) is 48.7 Å². The molecule has 0 radical (unpaired) electrons. The number of benzene rings is 4. The van der Waals surface area contributed by atoms with Gasteiger partial charge in [-0.15, -0.1) is 0 Å². The smallest absolute Gasteiger partial charge is 0.346 e. The molecular formula is C35H38AsN4O7PS. The summed E-state index contributed by atoms with van der Waals surface area (Å²) < 4.78 is 50.3. The predicted molar refractivity (Wildman–Crippen MR) is 199 cm³/mol. The Labute approximate surface area is 293 Å². The number of anilines is 4. The number of sulfonamides is 1. The summed E-state index contributed by atoms with van der Waals surface area (Å²) in [5, 5.41) is 7.97. The molecule has 0 bridgehead atoms. The van der Waals surface area contributed by atoms with Gasteiger partial charge in [-0.3, -0.25) is 4.57 Å². The fourth-order valence-corrected chi connectivity index (χ4v) is 8.31. The second kappa shape index (κ2) is 15.0. The quantitative estimate of drug-likeness (QED) is 0.0802. The number of methoxy groups -OCH3 is 1. The molecule has 0 saturated heterocycles. The Hall–Kier alpha value is -4.34.